The quantitative estimate of drug-likeness (QED) is 0.747. The molecule has 0 heterocycles. The molecular formula is C13H21NO2. The number of carbonyl (C=O) groups is 1. The van der Waals surface area contributed by atoms with Gasteiger partial charge in [0.1, 0.15) is 5.60 Å². The van der Waals surface area contributed by atoms with E-state index in [0.717, 1.165) is 25.7 Å². The molecule has 0 aromatic rings. The average molecular weight is 223 g/mol. The summed E-state index contributed by atoms with van der Waals surface area (Å²) in [5, 5.41) is 2.96. The zero-order chi connectivity index (χ0) is 12.2. The van der Waals surface area contributed by atoms with Gasteiger partial charge in [0.05, 0.1) is 0 Å². The Hall–Kier alpha value is -1.17. The first-order chi connectivity index (χ1) is 7.37. The van der Waals surface area contributed by atoms with E-state index in [4.69, 9.17) is 11.2 Å². The Kier molecular flexibility index (Phi) is 3.85. The van der Waals surface area contributed by atoms with Gasteiger partial charge in [0, 0.05) is 12.0 Å². The van der Waals surface area contributed by atoms with Crippen molar-refractivity contribution in [3.8, 4) is 12.3 Å². The maximum Gasteiger partial charge on any atom is 0.408 e. The predicted molar refractivity (Wildman–Crippen MR) is 64.0 cm³/mol. The van der Waals surface area contributed by atoms with Gasteiger partial charge in [-0.05, 0) is 46.5 Å². The molecule has 1 amide bonds. The number of hydrogen-bond acceptors (Lipinski definition) is 2. The van der Waals surface area contributed by atoms with Crippen molar-refractivity contribution in [2.45, 2.75) is 64.0 Å². The van der Waals surface area contributed by atoms with Crippen LogP contribution in [-0.4, -0.2) is 17.2 Å². The fourth-order valence-corrected chi connectivity index (χ4v) is 1.87. The van der Waals surface area contributed by atoms with E-state index >= 15 is 0 Å². The van der Waals surface area contributed by atoms with Crippen molar-refractivity contribution in [3.05, 3.63) is 0 Å². The van der Waals surface area contributed by atoms with Crippen LogP contribution in [0.15, 0.2) is 0 Å². The van der Waals surface area contributed by atoms with Crippen molar-refractivity contribution >= 4 is 6.09 Å². The van der Waals surface area contributed by atoms with Crippen LogP contribution in [0.25, 0.3) is 0 Å². The molecule has 0 unspecified atom stereocenters. The summed E-state index contributed by atoms with van der Waals surface area (Å²) < 4.78 is 5.25. The molecule has 0 bridgehead atoms. The third-order valence-corrected chi connectivity index (χ3v) is 2.82. The zero-order valence-corrected chi connectivity index (χ0v) is 10.4. The molecule has 0 aliphatic heterocycles. The summed E-state index contributed by atoms with van der Waals surface area (Å²) in [5.74, 6) is 2.62. The molecule has 0 radical (unpaired) electrons. The van der Waals surface area contributed by atoms with Crippen LogP contribution in [0.3, 0.4) is 0 Å². The molecule has 1 aliphatic carbocycles. The molecule has 0 aromatic heterocycles. The molecule has 0 saturated heterocycles. The molecule has 1 saturated carbocycles. The summed E-state index contributed by atoms with van der Waals surface area (Å²) in [6, 6.07) is 0. The summed E-state index contributed by atoms with van der Waals surface area (Å²) in [6.45, 7) is 5.59. The summed E-state index contributed by atoms with van der Waals surface area (Å²) in [4.78, 5) is 11.6. The highest BCUT2D eigenvalue weighted by atomic mass is 16.6. The maximum atomic E-state index is 11.6. The highest BCUT2D eigenvalue weighted by molar-refractivity contribution is 5.69. The number of terminal acetylenes is 1. The highest BCUT2D eigenvalue weighted by Gasteiger charge is 2.38. The normalized spacial score (nSPS) is 18.1. The lowest BCUT2D eigenvalue weighted by atomic mass is 9.74. The first-order valence-corrected chi connectivity index (χ1v) is 5.82. The van der Waals surface area contributed by atoms with E-state index in [1.54, 1.807) is 0 Å². The summed E-state index contributed by atoms with van der Waals surface area (Å²) in [6.07, 6.45) is 9.65. The monoisotopic (exact) mass is 223 g/mol. The Morgan fingerprint density at radius 3 is 2.50 bits per heavy atom. The largest absolute Gasteiger partial charge is 0.444 e. The van der Waals surface area contributed by atoms with Crippen LogP contribution in [0.1, 0.15) is 52.9 Å². The first-order valence-electron chi connectivity index (χ1n) is 5.82. The molecule has 3 nitrogen and oxygen atoms in total. The van der Waals surface area contributed by atoms with Gasteiger partial charge in [0.15, 0.2) is 0 Å². The van der Waals surface area contributed by atoms with Gasteiger partial charge in [-0.2, -0.15) is 0 Å². The SMILES string of the molecule is C#CCCC1(NC(=O)OC(C)(C)C)CCC1. The number of carbonyl (C=O) groups excluding carboxylic acids is 1. The van der Waals surface area contributed by atoms with E-state index in [9.17, 15) is 4.79 Å². The Morgan fingerprint density at radius 1 is 1.50 bits per heavy atom. The van der Waals surface area contributed by atoms with E-state index in [1.165, 1.54) is 0 Å². The van der Waals surface area contributed by atoms with Crippen molar-refractivity contribution in [1.29, 1.82) is 0 Å². The average Bonchev–Trinajstić information content (AvgIpc) is 2.06. The zero-order valence-electron chi connectivity index (χ0n) is 10.4. The molecular weight excluding hydrogens is 202 g/mol. The summed E-state index contributed by atoms with van der Waals surface area (Å²) >= 11 is 0. The molecule has 1 aliphatic rings. The van der Waals surface area contributed by atoms with Crippen LogP contribution >= 0.6 is 0 Å². The second kappa shape index (κ2) is 4.78. The van der Waals surface area contributed by atoms with Crippen LogP contribution in [-0.2, 0) is 4.74 Å². The van der Waals surface area contributed by atoms with Crippen LogP contribution in [0.4, 0.5) is 4.79 Å². The third kappa shape index (κ3) is 3.77. The second-order valence-electron chi connectivity index (χ2n) is 5.46. The van der Waals surface area contributed by atoms with Crippen molar-refractivity contribution in [1.82, 2.24) is 5.32 Å². The highest BCUT2D eigenvalue weighted by Crippen LogP contribution is 2.36. The number of nitrogens with one attached hydrogen (secondary N) is 1. The number of hydrogen-bond donors (Lipinski definition) is 1. The van der Waals surface area contributed by atoms with Gasteiger partial charge in [-0.1, -0.05) is 0 Å². The summed E-state index contributed by atoms with van der Waals surface area (Å²) in [5.41, 5.74) is -0.546. The van der Waals surface area contributed by atoms with Crippen molar-refractivity contribution in [2.24, 2.45) is 0 Å². The van der Waals surface area contributed by atoms with Crippen molar-refractivity contribution in [3.63, 3.8) is 0 Å². The van der Waals surface area contributed by atoms with Crippen LogP contribution in [0.2, 0.25) is 0 Å². The lowest BCUT2D eigenvalue weighted by Gasteiger charge is -2.42. The topological polar surface area (TPSA) is 38.3 Å². The molecule has 1 N–H and O–H groups in total. The van der Waals surface area contributed by atoms with Gasteiger partial charge in [-0.25, -0.2) is 4.79 Å². The Labute approximate surface area is 97.9 Å². The number of rotatable bonds is 3. The number of alkyl carbamates (subject to hydrolysis) is 1. The van der Waals surface area contributed by atoms with E-state index in [2.05, 4.69) is 11.2 Å². The van der Waals surface area contributed by atoms with Crippen molar-refractivity contribution in [2.75, 3.05) is 0 Å². The predicted octanol–water partition coefficient (Wildman–Crippen LogP) is 2.85. The first kappa shape index (κ1) is 12.9. The minimum atomic E-state index is -0.443. The van der Waals surface area contributed by atoms with Gasteiger partial charge in [-0.3, -0.25) is 0 Å². The minimum absolute atomic E-state index is 0.102. The van der Waals surface area contributed by atoms with E-state index in [-0.39, 0.29) is 11.6 Å². The van der Waals surface area contributed by atoms with Crippen molar-refractivity contribution < 1.29 is 9.53 Å². The molecule has 1 fully saturated rings. The Bertz CT molecular complexity index is 292. The van der Waals surface area contributed by atoms with Gasteiger partial charge in [0.2, 0.25) is 0 Å². The minimum Gasteiger partial charge on any atom is -0.444 e. The van der Waals surface area contributed by atoms with E-state index < -0.39 is 5.60 Å². The van der Waals surface area contributed by atoms with E-state index in [0.29, 0.717) is 6.42 Å². The van der Waals surface area contributed by atoms with Gasteiger partial charge < -0.3 is 10.1 Å². The summed E-state index contributed by atoms with van der Waals surface area (Å²) in [7, 11) is 0. The van der Waals surface area contributed by atoms with E-state index in [1.807, 2.05) is 20.8 Å². The molecule has 0 atom stereocenters. The molecule has 16 heavy (non-hydrogen) atoms. The van der Waals surface area contributed by atoms with Gasteiger partial charge in [0.25, 0.3) is 0 Å². The second-order valence-corrected chi connectivity index (χ2v) is 5.46. The van der Waals surface area contributed by atoms with Gasteiger partial charge >= 0.3 is 6.09 Å². The maximum absolute atomic E-state index is 11.6. The molecule has 0 aromatic carbocycles. The molecule has 3 heteroatoms. The Morgan fingerprint density at radius 2 is 2.12 bits per heavy atom. The fourth-order valence-electron chi connectivity index (χ4n) is 1.87. The lowest BCUT2D eigenvalue weighted by molar-refractivity contribution is 0.0373. The van der Waals surface area contributed by atoms with Crippen LogP contribution in [0.5, 0.6) is 0 Å². The Balaban J connectivity index is 2.44. The molecule has 1 rings (SSSR count). The lowest BCUT2D eigenvalue weighted by Crippen LogP contribution is -2.54. The molecule has 90 valence electrons. The fraction of sp³-hybridized carbons (Fsp3) is 0.769. The van der Waals surface area contributed by atoms with Crippen LogP contribution < -0.4 is 5.32 Å². The number of ether oxygens (including phenoxy) is 1. The van der Waals surface area contributed by atoms with Crippen LogP contribution in [0, 0.1) is 12.3 Å². The standard InChI is InChI=1S/C13H21NO2/c1-5-6-8-13(9-7-10-13)14-11(15)16-12(2,3)4/h1H,6-10H2,2-4H3,(H,14,15). The van der Waals surface area contributed by atoms with Gasteiger partial charge in [-0.15, -0.1) is 12.3 Å². The smallest absolute Gasteiger partial charge is 0.408 e. The number of amides is 1. The molecule has 0 spiro atoms. The third-order valence-electron chi connectivity index (χ3n) is 2.82.